The number of hydrogen-bond acceptors (Lipinski definition) is 5. The predicted octanol–water partition coefficient (Wildman–Crippen LogP) is 2.65. The fourth-order valence-corrected chi connectivity index (χ4v) is 3.32. The van der Waals surface area contributed by atoms with Crippen LogP contribution in [-0.4, -0.2) is 55.8 Å². The normalized spacial score (nSPS) is 11.3. The molecule has 0 radical (unpaired) electrons. The predicted molar refractivity (Wildman–Crippen MR) is 98.9 cm³/mol. The number of benzene rings is 1. The molecule has 0 spiro atoms. The fourth-order valence-electron chi connectivity index (χ4n) is 2.21. The van der Waals surface area contributed by atoms with Crippen LogP contribution in [0.4, 0.5) is 4.39 Å². The molecule has 0 saturated carbocycles. The summed E-state index contributed by atoms with van der Waals surface area (Å²) in [6.07, 6.45) is 1.50. The Bertz CT molecular complexity index is 923. The molecule has 0 atom stereocenters. The van der Waals surface area contributed by atoms with Crippen molar-refractivity contribution >= 4 is 50.9 Å². The summed E-state index contributed by atoms with van der Waals surface area (Å²) in [5, 5.41) is 3.86. The molecule has 0 aliphatic rings. The number of nitrogens with zero attached hydrogens (tertiary/aromatic N) is 1. The van der Waals surface area contributed by atoms with Gasteiger partial charge >= 0.3 is 29.6 Å². The number of halogens is 1. The van der Waals surface area contributed by atoms with Gasteiger partial charge in [-0.15, -0.1) is 0 Å². The standard InChI is InChI=1S/C16H15FN2O3S2.Na.H/c1-24(20,21)18-8-6-14-15(12-7-9-23-10-12)22-16(19-14)11-2-4-13(17)5-3-11;;/h2-5,7,9-10,18H,6,8H2,1H3;;. The molecule has 0 fully saturated rings. The maximum absolute atomic E-state index is 13.1. The van der Waals surface area contributed by atoms with Crippen molar-refractivity contribution in [2.75, 3.05) is 12.8 Å². The van der Waals surface area contributed by atoms with Gasteiger partial charge in [0.2, 0.25) is 15.9 Å². The first-order valence-corrected chi connectivity index (χ1v) is 9.98. The summed E-state index contributed by atoms with van der Waals surface area (Å²) in [4.78, 5) is 4.47. The van der Waals surface area contributed by atoms with Gasteiger partial charge in [0.15, 0.2) is 5.76 Å². The number of oxazole rings is 1. The molecule has 3 rings (SSSR count). The van der Waals surface area contributed by atoms with Crippen LogP contribution >= 0.6 is 11.3 Å². The van der Waals surface area contributed by atoms with Crippen LogP contribution in [-0.2, 0) is 16.4 Å². The fraction of sp³-hybridized carbons (Fsp3) is 0.188. The molecule has 2 heterocycles. The molecule has 0 aliphatic heterocycles. The van der Waals surface area contributed by atoms with Gasteiger partial charge in [-0.25, -0.2) is 22.5 Å². The third-order valence-electron chi connectivity index (χ3n) is 3.30. The molecule has 9 heteroatoms. The van der Waals surface area contributed by atoms with E-state index in [-0.39, 0.29) is 41.9 Å². The first kappa shape index (κ1) is 20.3. The van der Waals surface area contributed by atoms with E-state index in [9.17, 15) is 12.8 Å². The van der Waals surface area contributed by atoms with Gasteiger partial charge in [-0.2, -0.15) is 11.3 Å². The van der Waals surface area contributed by atoms with E-state index >= 15 is 0 Å². The first-order chi connectivity index (χ1) is 11.4. The Morgan fingerprint density at radius 3 is 2.52 bits per heavy atom. The second-order valence-electron chi connectivity index (χ2n) is 5.23. The monoisotopic (exact) mass is 390 g/mol. The Labute approximate surface area is 171 Å². The first-order valence-electron chi connectivity index (χ1n) is 7.15. The van der Waals surface area contributed by atoms with Crippen molar-refractivity contribution < 1.29 is 17.2 Å². The van der Waals surface area contributed by atoms with Gasteiger partial charge in [-0.3, -0.25) is 0 Å². The van der Waals surface area contributed by atoms with Crippen molar-refractivity contribution in [1.82, 2.24) is 9.71 Å². The van der Waals surface area contributed by atoms with Crippen LogP contribution in [0.3, 0.4) is 0 Å². The molecule has 5 nitrogen and oxygen atoms in total. The van der Waals surface area contributed by atoms with Crippen molar-refractivity contribution in [3.8, 4) is 22.8 Å². The molecule has 0 aliphatic carbocycles. The summed E-state index contributed by atoms with van der Waals surface area (Å²) in [5.74, 6) is 0.650. The van der Waals surface area contributed by atoms with E-state index in [1.54, 1.807) is 12.1 Å². The summed E-state index contributed by atoms with van der Waals surface area (Å²) in [6.45, 7) is 0.228. The van der Waals surface area contributed by atoms with Crippen LogP contribution in [0.5, 0.6) is 0 Å². The molecule has 0 amide bonds. The molecule has 2 aromatic heterocycles. The minimum atomic E-state index is -3.26. The summed E-state index contributed by atoms with van der Waals surface area (Å²) in [5.41, 5.74) is 2.20. The molecule has 128 valence electrons. The Kier molecular flexibility index (Phi) is 6.95. The molecule has 1 N–H and O–H groups in total. The molecule has 25 heavy (non-hydrogen) atoms. The van der Waals surface area contributed by atoms with E-state index in [1.807, 2.05) is 16.8 Å². The van der Waals surface area contributed by atoms with Crippen LogP contribution in [0.1, 0.15) is 5.69 Å². The molecule has 0 saturated heterocycles. The van der Waals surface area contributed by atoms with Gasteiger partial charge in [0, 0.05) is 29.5 Å². The summed E-state index contributed by atoms with van der Waals surface area (Å²) in [6, 6.07) is 7.78. The minimum absolute atomic E-state index is 0. The number of aromatic nitrogens is 1. The molecule has 0 bridgehead atoms. The van der Waals surface area contributed by atoms with Gasteiger partial charge < -0.3 is 4.42 Å². The summed E-state index contributed by atoms with van der Waals surface area (Å²) in [7, 11) is -3.26. The quantitative estimate of drug-likeness (QED) is 0.657. The third kappa shape index (κ3) is 5.47. The van der Waals surface area contributed by atoms with Gasteiger partial charge in [-0.1, -0.05) is 0 Å². The second-order valence-corrected chi connectivity index (χ2v) is 7.84. The van der Waals surface area contributed by atoms with Crippen molar-refractivity contribution in [2.24, 2.45) is 0 Å². The summed E-state index contributed by atoms with van der Waals surface area (Å²) >= 11 is 1.53. The Hall–Kier alpha value is -1.03. The van der Waals surface area contributed by atoms with Crippen molar-refractivity contribution in [2.45, 2.75) is 6.42 Å². The Morgan fingerprint density at radius 1 is 1.20 bits per heavy atom. The number of rotatable bonds is 6. The van der Waals surface area contributed by atoms with Gasteiger partial charge in [0.25, 0.3) is 0 Å². The van der Waals surface area contributed by atoms with Crippen LogP contribution in [0.25, 0.3) is 22.8 Å². The number of thiophene rings is 1. The molecular weight excluding hydrogens is 374 g/mol. The zero-order chi connectivity index (χ0) is 17.2. The van der Waals surface area contributed by atoms with Gasteiger partial charge in [0.1, 0.15) is 5.82 Å². The maximum atomic E-state index is 13.1. The third-order valence-corrected chi connectivity index (χ3v) is 4.71. The van der Waals surface area contributed by atoms with Gasteiger partial charge in [-0.05, 0) is 35.7 Å². The van der Waals surface area contributed by atoms with Crippen molar-refractivity contribution in [1.29, 1.82) is 0 Å². The van der Waals surface area contributed by atoms with E-state index in [4.69, 9.17) is 4.42 Å². The van der Waals surface area contributed by atoms with Crippen LogP contribution in [0.2, 0.25) is 0 Å². The average molecular weight is 390 g/mol. The number of nitrogens with one attached hydrogen (secondary N) is 1. The summed E-state index contributed by atoms with van der Waals surface area (Å²) < 4.78 is 43.8. The second kappa shape index (κ2) is 8.57. The Morgan fingerprint density at radius 2 is 1.92 bits per heavy atom. The van der Waals surface area contributed by atoms with E-state index in [2.05, 4.69) is 9.71 Å². The van der Waals surface area contributed by atoms with E-state index < -0.39 is 10.0 Å². The molecule has 3 aromatic rings. The van der Waals surface area contributed by atoms with Crippen LogP contribution in [0, 0.1) is 5.82 Å². The van der Waals surface area contributed by atoms with Crippen LogP contribution in [0.15, 0.2) is 45.5 Å². The number of hydrogen-bond donors (Lipinski definition) is 1. The zero-order valence-electron chi connectivity index (χ0n) is 12.8. The Balaban J connectivity index is 0.00000225. The van der Waals surface area contributed by atoms with Crippen molar-refractivity contribution in [3.63, 3.8) is 0 Å². The van der Waals surface area contributed by atoms with Gasteiger partial charge in [0.05, 0.1) is 11.9 Å². The molecular formula is C16H16FN2NaO3S2. The topological polar surface area (TPSA) is 72.2 Å². The molecule has 0 unspecified atom stereocenters. The van der Waals surface area contributed by atoms with E-state index in [0.717, 1.165) is 11.8 Å². The average Bonchev–Trinajstić information content (AvgIpc) is 3.15. The SMILES string of the molecule is CS(=O)(=O)NCCc1nc(-c2ccc(F)cc2)oc1-c1ccsc1.[NaH]. The zero-order valence-corrected chi connectivity index (χ0v) is 14.5. The van der Waals surface area contributed by atoms with E-state index in [0.29, 0.717) is 29.3 Å². The van der Waals surface area contributed by atoms with Crippen molar-refractivity contribution in [3.05, 3.63) is 52.6 Å². The number of sulfonamides is 1. The molecule has 1 aromatic carbocycles. The van der Waals surface area contributed by atoms with Crippen LogP contribution < -0.4 is 4.72 Å². The van der Waals surface area contributed by atoms with E-state index in [1.165, 1.54) is 23.5 Å².